The van der Waals surface area contributed by atoms with Crippen LogP contribution in [-0.4, -0.2) is 58.5 Å². The number of guanidine groups is 1. The third-order valence-corrected chi connectivity index (χ3v) is 5.86. The largest absolute Gasteiger partial charge is 0.382 e. The van der Waals surface area contributed by atoms with Crippen molar-refractivity contribution in [3.63, 3.8) is 0 Å². The maximum Gasteiger partial charge on any atom is 0.191 e. The first-order chi connectivity index (χ1) is 15.7. The van der Waals surface area contributed by atoms with Crippen LogP contribution in [0.15, 0.2) is 29.3 Å². The molecule has 1 aliphatic rings. The normalized spacial score (nSPS) is 15.2. The summed E-state index contributed by atoms with van der Waals surface area (Å²) >= 11 is 0. The fourth-order valence-electron chi connectivity index (χ4n) is 3.76. The quantitative estimate of drug-likeness (QED) is 0.317. The van der Waals surface area contributed by atoms with E-state index in [0.717, 1.165) is 50.3 Å². The second-order valence-corrected chi connectivity index (χ2v) is 8.37. The van der Waals surface area contributed by atoms with Crippen LogP contribution in [0.2, 0.25) is 0 Å². The molecule has 1 saturated heterocycles. The second-order valence-electron chi connectivity index (χ2n) is 8.37. The number of hydrogen-bond acceptors (Lipinski definition) is 5. The summed E-state index contributed by atoms with van der Waals surface area (Å²) in [5, 5.41) is 15.1. The van der Waals surface area contributed by atoms with E-state index in [1.165, 1.54) is 43.5 Å². The third-order valence-electron chi connectivity index (χ3n) is 5.86. The minimum Gasteiger partial charge on any atom is -0.382 e. The van der Waals surface area contributed by atoms with Gasteiger partial charge in [0.25, 0.3) is 0 Å². The Morgan fingerprint density at radius 3 is 2.50 bits per heavy atom. The monoisotopic (exact) mass is 441 g/mol. The average Bonchev–Trinajstić information content (AvgIpc) is 3.14. The standard InChI is InChI=1S/C24H39N7O/c1-4-32-16-8-13-25-24(27-18-23-29-28-20(2)30(23)3)26-17-21-9-11-22(12-10-21)19-31-14-6-5-7-15-31/h9-12H,4-8,13-19H2,1-3H3,(H2,25,26,27). The number of hydrogen-bond donors (Lipinski definition) is 2. The molecule has 176 valence electrons. The van der Waals surface area contributed by atoms with Gasteiger partial charge in [0.15, 0.2) is 11.8 Å². The van der Waals surface area contributed by atoms with Crippen molar-refractivity contribution in [3.05, 3.63) is 47.0 Å². The molecule has 1 aromatic carbocycles. The molecule has 2 N–H and O–H groups in total. The van der Waals surface area contributed by atoms with Crippen molar-refractivity contribution in [1.82, 2.24) is 30.3 Å². The van der Waals surface area contributed by atoms with Crippen LogP contribution in [-0.2, 0) is 31.4 Å². The molecule has 0 bridgehead atoms. The Morgan fingerprint density at radius 2 is 1.81 bits per heavy atom. The Balaban J connectivity index is 1.54. The topological polar surface area (TPSA) is 79.6 Å². The fourth-order valence-corrected chi connectivity index (χ4v) is 3.76. The number of nitrogens with one attached hydrogen (secondary N) is 2. The van der Waals surface area contributed by atoms with Crippen LogP contribution < -0.4 is 10.6 Å². The highest BCUT2D eigenvalue weighted by molar-refractivity contribution is 5.79. The Kier molecular flexibility index (Phi) is 9.97. The van der Waals surface area contributed by atoms with Gasteiger partial charge < -0.3 is 19.9 Å². The molecule has 0 aliphatic carbocycles. The van der Waals surface area contributed by atoms with Crippen LogP contribution in [0, 0.1) is 6.92 Å². The van der Waals surface area contributed by atoms with Crippen LogP contribution in [0.5, 0.6) is 0 Å². The van der Waals surface area contributed by atoms with Crippen LogP contribution in [0.25, 0.3) is 0 Å². The van der Waals surface area contributed by atoms with Gasteiger partial charge in [0, 0.05) is 33.4 Å². The zero-order valence-corrected chi connectivity index (χ0v) is 19.9. The lowest BCUT2D eigenvalue weighted by molar-refractivity contribution is 0.145. The molecule has 3 rings (SSSR count). The molecule has 2 heterocycles. The minimum absolute atomic E-state index is 0.573. The highest BCUT2D eigenvalue weighted by atomic mass is 16.5. The number of nitrogens with zero attached hydrogens (tertiary/aromatic N) is 5. The number of piperidine rings is 1. The molecular formula is C24H39N7O. The van der Waals surface area contributed by atoms with Crippen LogP contribution in [0.4, 0.5) is 0 Å². The summed E-state index contributed by atoms with van der Waals surface area (Å²) in [7, 11) is 1.98. The number of ether oxygens (including phenoxy) is 1. The molecule has 0 spiro atoms. The van der Waals surface area contributed by atoms with Gasteiger partial charge in [-0.05, 0) is 57.3 Å². The maximum absolute atomic E-state index is 5.43. The molecule has 0 saturated carbocycles. The molecule has 0 radical (unpaired) electrons. The van der Waals surface area contributed by atoms with Gasteiger partial charge in [0.05, 0.1) is 13.1 Å². The number of rotatable bonds is 11. The van der Waals surface area contributed by atoms with E-state index in [2.05, 4.69) is 50.0 Å². The van der Waals surface area contributed by atoms with Gasteiger partial charge in [0.2, 0.25) is 0 Å². The van der Waals surface area contributed by atoms with Crippen molar-refractivity contribution in [2.45, 2.75) is 59.2 Å². The summed E-state index contributed by atoms with van der Waals surface area (Å²) < 4.78 is 7.42. The number of aryl methyl sites for hydroxylation is 1. The molecule has 0 amide bonds. The van der Waals surface area contributed by atoms with Gasteiger partial charge in [-0.15, -0.1) is 10.2 Å². The van der Waals surface area contributed by atoms with E-state index in [4.69, 9.17) is 9.73 Å². The van der Waals surface area contributed by atoms with Crippen LogP contribution >= 0.6 is 0 Å². The molecule has 0 unspecified atom stereocenters. The van der Waals surface area contributed by atoms with Crippen molar-refractivity contribution in [3.8, 4) is 0 Å². The first kappa shape index (κ1) is 24.2. The molecule has 32 heavy (non-hydrogen) atoms. The molecule has 0 atom stereocenters. The van der Waals surface area contributed by atoms with E-state index in [-0.39, 0.29) is 0 Å². The predicted molar refractivity (Wildman–Crippen MR) is 128 cm³/mol. The highest BCUT2D eigenvalue weighted by Crippen LogP contribution is 2.14. The zero-order valence-electron chi connectivity index (χ0n) is 19.9. The van der Waals surface area contributed by atoms with Gasteiger partial charge in [-0.3, -0.25) is 4.90 Å². The van der Waals surface area contributed by atoms with E-state index in [0.29, 0.717) is 13.1 Å². The molecular weight excluding hydrogens is 402 g/mol. The first-order valence-corrected chi connectivity index (χ1v) is 11.9. The predicted octanol–water partition coefficient (Wildman–Crippen LogP) is 2.77. The lowest BCUT2D eigenvalue weighted by atomic mass is 10.1. The highest BCUT2D eigenvalue weighted by Gasteiger charge is 2.10. The van der Waals surface area contributed by atoms with E-state index in [9.17, 15) is 0 Å². The fraction of sp³-hybridized carbons (Fsp3) is 0.625. The molecule has 8 nitrogen and oxygen atoms in total. The number of aliphatic imine (C=N–C) groups is 1. The van der Waals surface area contributed by atoms with Crippen molar-refractivity contribution >= 4 is 5.96 Å². The SMILES string of the molecule is CCOCCCNC(=NCc1ccc(CN2CCCCC2)cc1)NCc1nnc(C)n1C. The van der Waals surface area contributed by atoms with Crippen molar-refractivity contribution in [2.75, 3.05) is 32.8 Å². The summed E-state index contributed by atoms with van der Waals surface area (Å²) in [5.74, 6) is 2.56. The summed E-state index contributed by atoms with van der Waals surface area (Å²) in [6, 6.07) is 8.87. The maximum atomic E-state index is 5.43. The van der Waals surface area contributed by atoms with Gasteiger partial charge in [0.1, 0.15) is 5.82 Å². The van der Waals surface area contributed by atoms with E-state index >= 15 is 0 Å². The summed E-state index contributed by atoms with van der Waals surface area (Å²) in [4.78, 5) is 7.35. The minimum atomic E-state index is 0.573. The molecule has 1 fully saturated rings. The van der Waals surface area contributed by atoms with E-state index in [1.54, 1.807) is 0 Å². The summed E-state index contributed by atoms with van der Waals surface area (Å²) in [6.07, 6.45) is 4.96. The smallest absolute Gasteiger partial charge is 0.191 e. The molecule has 8 heteroatoms. The van der Waals surface area contributed by atoms with Crippen molar-refractivity contribution in [2.24, 2.45) is 12.0 Å². The lowest BCUT2D eigenvalue weighted by Gasteiger charge is -2.26. The van der Waals surface area contributed by atoms with Crippen LogP contribution in [0.3, 0.4) is 0 Å². The van der Waals surface area contributed by atoms with E-state index in [1.807, 2.05) is 25.5 Å². The average molecular weight is 442 g/mol. The van der Waals surface area contributed by atoms with Crippen molar-refractivity contribution in [1.29, 1.82) is 0 Å². The Bertz CT molecular complexity index is 825. The van der Waals surface area contributed by atoms with Gasteiger partial charge in [-0.1, -0.05) is 30.7 Å². The second kappa shape index (κ2) is 13.2. The van der Waals surface area contributed by atoms with Crippen molar-refractivity contribution < 1.29 is 4.74 Å². The number of likely N-dealkylation sites (tertiary alicyclic amines) is 1. The van der Waals surface area contributed by atoms with Gasteiger partial charge in [-0.25, -0.2) is 4.99 Å². The molecule has 1 aliphatic heterocycles. The summed E-state index contributed by atoms with van der Waals surface area (Å²) in [5.41, 5.74) is 2.59. The zero-order chi connectivity index (χ0) is 22.6. The number of aromatic nitrogens is 3. The Morgan fingerprint density at radius 1 is 1.06 bits per heavy atom. The summed E-state index contributed by atoms with van der Waals surface area (Å²) in [6.45, 7) is 11.0. The number of benzene rings is 1. The lowest BCUT2D eigenvalue weighted by Crippen LogP contribution is -2.38. The van der Waals surface area contributed by atoms with Gasteiger partial charge >= 0.3 is 0 Å². The van der Waals surface area contributed by atoms with E-state index < -0.39 is 0 Å². The van der Waals surface area contributed by atoms with Crippen LogP contribution in [0.1, 0.15) is 55.4 Å². The third kappa shape index (κ3) is 7.91. The van der Waals surface area contributed by atoms with Gasteiger partial charge in [-0.2, -0.15) is 0 Å². The first-order valence-electron chi connectivity index (χ1n) is 11.9. The molecule has 1 aromatic heterocycles. The molecule has 2 aromatic rings. The Hall–Kier alpha value is -2.45. The Labute approximate surface area is 192 Å².